The van der Waals surface area contributed by atoms with Crippen molar-refractivity contribution in [2.45, 2.75) is 10.9 Å². The average molecular weight is 459 g/mol. The van der Waals surface area contributed by atoms with Gasteiger partial charge in [0.05, 0.1) is 18.5 Å². The number of thioether (sulfide) groups is 1. The number of nitrogens with zero attached hydrogens (tertiary/aromatic N) is 6. The molecule has 4 aromatic heterocycles. The summed E-state index contributed by atoms with van der Waals surface area (Å²) in [5, 5.41) is 12.7. The van der Waals surface area contributed by atoms with E-state index in [-0.39, 0.29) is 0 Å². The van der Waals surface area contributed by atoms with Gasteiger partial charge in [0.2, 0.25) is 0 Å². The molecule has 9 heteroatoms. The number of ether oxygens (including phenoxy) is 1. The lowest BCUT2D eigenvalue weighted by atomic mass is 10.2. The second kappa shape index (κ2) is 9.29. The summed E-state index contributed by atoms with van der Waals surface area (Å²) in [5.41, 5.74) is 3.77. The molecule has 5 rings (SSSR count). The molecule has 0 aliphatic carbocycles. The molecule has 32 heavy (non-hydrogen) atoms. The molecule has 0 unspecified atom stereocenters. The van der Waals surface area contributed by atoms with Gasteiger partial charge in [0.1, 0.15) is 10.8 Å². The highest BCUT2D eigenvalue weighted by atomic mass is 32.2. The first-order chi connectivity index (χ1) is 15.8. The summed E-state index contributed by atoms with van der Waals surface area (Å²) in [4.78, 5) is 13.2. The number of methoxy groups -OCH3 is 1. The number of benzene rings is 1. The van der Waals surface area contributed by atoms with Gasteiger partial charge in [-0.25, -0.2) is 4.98 Å². The maximum Gasteiger partial charge on any atom is 0.196 e. The highest BCUT2D eigenvalue weighted by Gasteiger charge is 2.17. The lowest BCUT2D eigenvalue weighted by Crippen LogP contribution is -2.00. The molecule has 4 heterocycles. The van der Waals surface area contributed by atoms with Crippen LogP contribution in [0.4, 0.5) is 0 Å². The van der Waals surface area contributed by atoms with Crippen LogP contribution in [0, 0.1) is 0 Å². The maximum absolute atomic E-state index is 5.31. The minimum atomic E-state index is 0.675. The molecule has 0 aliphatic rings. The van der Waals surface area contributed by atoms with E-state index >= 15 is 0 Å². The summed E-state index contributed by atoms with van der Waals surface area (Å²) in [7, 11) is 1.66. The standard InChI is InChI=1S/C23H18N6OS2/c1-30-19-7-5-18(6-8-19)29-21(16-9-12-24-13-10-16)27-28-23(29)32-15-17-14-31-22(26-17)20-4-2-3-11-25-20/h2-14H,15H2,1H3. The first-order valence-corrected chi connectivity index (χ1v) is 11.7. The summed E-state index contributed by atoms with van der Waals surface area (Å²) >= 11 is 3.19. The van der Waals surface area contributed by atoms with E-state index in [9.17, 15) is 0 Å². The Balaban J connectivity index is 1.45. The molecule has 158 valence electrons. The topological polar surface area (TPSA) is 78.6 Å². The van der Waals surface area contributed by atoms with Crippen molar-refractivity contribution >= 4 is 23.1 Å². The third-order valence-electron chi connectivity index (χ3n) is 4.69. The van der Waals surface area contributed by atoms with Crippen molar-refractivity contribution in [2.75, 3.05) is 7.11 Å². The third-order valence-corrected chi connectivity index (χ3v) is 6.56. The minimum Gasteiger partial charge on any atom is -0.497 e. The van der Waals surface area contributed by atoms with Crippen molar-refractivity contribution in [3.05, 3.63) is 84.3 Å². The Labute approximate surface area is 193 Å². The summed E-state index contributed by atoms with van der Waals surface area (Å²) in [6.45, 7) is 0. The molecular formula is C23H18N6OS2. The van der Waals surface area contributed by atoms with Gasteiger partial charge in [-0.2, -0.15) is 0 Å². The maximum atomic E-state index is 5.31. The van der Waals surface area contributed by atoms with E-state index in [2.05, 4.69) is 25.5 Å². The zero-order valence-corrected chi connectivity index (χ0v) is 18.8. The SMILES string of the molecule is COc1ccc(-n2c(SCc3csc(-c4ccccn4)n3)nnc2-c2ccncc2)cc1. The van der Waals surface area contributed by atoms with Gasteiger partial charge in [-0.3, -0.25) is 14.5 Å². The van der Waals surface area contributed by atoms with E-state index in [1.165, 1.54) is 0 Å². The van der Waals surface area contributed by atoms with Crippen LogP contribution >= 0.6 is 23.1 Å². The Kier molecular flexibility index (Phi) is 5.91. The Bertz CT molecular complexity index is 1300. The number of thiazole rings is 1. The molecule has 0 aliphatic heterocycles. The molecule has 0 saturated heterocycles. The second-order valence-electron chi connectivity index (χ2n) is 6.72. The van der Waals surface area contributed by atoms with Crippen molar-refractivity contribution in [2.24, 2.45) is 0 Å². The molecule has 0 bridgehead atoms. The van der Waals surface area contributed by atoms with Crippen molar-refractivity contribution in [1.82, 2.24) is 29.7 Å². The van der Waals surface area contributed by atoms with Crippen LogP contribution in [0.1, 0.15) is 5.69 Å². The highest BCUT2D eigenvalue weighted by molar-refractivity contribution is 7.98. The summed E-state index contributed by atoms with van der Waals surface area (Å²) in [6.07, 6.45) is 5.29. The van der Waals surface area contributed by atoms with E-state index in [0.29, 0.717) is 5.75 Å². The molecule has 5 aromatic rings. The van der Waals surface area contributed by atoms with Crippen LogP contribution in [0.3, 0.4) is 0 Å². The molecule has 0 radical (unpaired) electrons. The first-order valence-electron chi connectivity index (χ1n) is 9.80. The van der Waals surface area contributed by atoms with E-state index in [1.807, 2.05) is 59.2 Å². The zero-order valence-electron chi connectivity index (χ0n) is 17.1. The van der Waals surface area contributed by atoms with Crippen LogP contribution in [0.5, 0.6) is 5.75 Å². The van der Waals surface area contributed by atoms with Crippen LogP contribution in [0.15, 0.2) is 83.7 Å². The lowest BCUT2D eigenvalue weighted by Gasteiger charge is -2.11. The average Bonchev–Trinajstić information content (AvgIpc) is 3.51. The van der Waals surface area contributed by atoms with Crippen molar-refractivity contribution in [3.8, 4) is 33.5 Å². The van der Waals surface area contributed by atoms with E-state index in [4.69, 9.17) is 9.72 Å². The quantitative estimate of drug-likeness (QED) is 0.312. The lowest BCUT2D eigenvalue weighted by molar-refractivity contribution is 0.414. The predicted octanol–water partition coefficient (Wildman–Crippen LogP) is 5.15. The molecule has 0 N–H and O–H groups in total. The fraction of sp³-hybridized carbons (Fsp3) is 0.0870. The molecule has 0 saturated carbocycles. The number of rotatable bonds is 7. The number of aromatic nitrogens is 6. The highest BCUT2D eigenvalue weighted by Crippen LogP contribution is 2.31. The van der Waals surface area contributed by atoms with Crippen LogP contribution in [0.25, 0.3) is 27.8 Å². The van der Waals surface area contributed by atoms with E-state index < -0.39 is 0 Å². The fourth-order valence-electron chi connectivity index (χ4n) is 3.13. The van der Waals surface area contributed by atoms with Crippen molar-refractivity contribution in [3.63, 3.8) is 0 Å². The van der Waals surface area contributed by atoms with Crippen molar-refractivity contribution in [1.29, 1.82) is 0 Å². The van der Waals surface area contributed by atoms with Gasteiger partial charge in [0, 0.05) is 41.0 Å². The van der Waals surface area contributed by atoms with Crippen LogP contribution in [0.2, 0.25) is 0 Å². The number of hydrogen-bond acceptors (Lipinski definition) is 8. The van der Waals surface area contributed by atoms with E-state index in [1.54, 1.807) is 48.8 Å². The molecule has 0 amide bonds. The molecule has 1 aromatic carbocycles. The Morgan fingerprint density at radius 2 is 1.81 bits per heavy atom. The van der Waals surface area contributed by atoms with Crippen molar-refractivity contribution < 1.29 is 4.74 Å². The van der Waals surface area contributed by atoms with Crippen LogP contribution in [-0.2, 0) is 5.75 Å². The Morgan fingerprint density at radius 1 is 0.969 bits per heavy atom. The smallest absolute Gasteiger partial charge is 0.196 e. The predicted molar refractivity (Wildman–Crippen MR) is 126 cm³/mol. The number of pyridine rings is 2. The van der Waals surface area contributed by atoms with Gasteiger partial charge >= 0.3 is 0 Å². The second-order valence-corrected chi connectivity index (χ2v) is 8.52. The Hall–Kier alpha value is -3.56. The molecular weight excluding hydrogens is 440 g/mol. The van der Waals surface area contributed by atoms with Crippen LogP contribution in [-0.4, -0.2) is 36.8 Å². The zero-order chi connectivity index (χ0) is 21.8. The van der Waals surface area contributed by atoms with E-state index in [0.717, 1.165) is 44.4 Å². The van der Waals surface area contributed by atoms with Gasteiger partial charge in [0.25, 0.3) is 0 Å². The molecule has 0 spiro atoms. The summed E-state index contributed by atoms with van der Waals surface area (Å²) in [5.74, 6) is 2.23. The monoisotopic (exact) mass is 458 g/mol. The summed E-state index contributed by atoms with van der Waals surface area (Å²) < 4.78 is 7.36. The molecule has 0 atom stereocenters. The fourth-order valence-corrected chi connectivity index (χ4v) is 4.88. The normalized spacial score (nSPS) is 10.9. The first kappa shape index (κ1) is 20.3. The largest absolute Gasteiger partial charge is 0.497 e. The van der Waals surface area contributed by atoms with Gasteiger partial charge in [-0.05, 0) is 48.5 Å². The van der Waals surface area contributed by atoms with Gasteiger partial charge in [-0.1, -0.05) is 17.8 Å². The van der Waals surface area contributed by atoms with Gasteiger partial charge in [0.15, 0.2) is 11.0 Å². The van der Waals surface area contributed by atoms with Gasteiger partial charge in [-0.15, -0.1) is 21.5 Å². The molecule has 7 nitrogen and oxygen atoms in total. The van der Waals surface area contributed by atoms with Gasteiger partial charge < -0.3 is 4.74 Å². The summed E-state index contributed by atoms with van der Waals surface area (Å²) in [6, 6.07) is 17.6. The third kappa shape index (κ3) is 4.25. The minimum absolute atomic E-state index is 0.675. The Morgan fingerprint density at radius 3 is 2.56 bits per heavy atom. The number of hydrogen-bond donors (Lipinski definition) is 0. The molecule has 0 fully saturated rings. The van der Waals surface area contributed by atoms with Crippen LogP contribution < -0.4 is 4.74 Å².